The smallest absolute Gasteiger partial charge is 0.333 e. The Hall–Kier alpha value is -4.69. The minimum Gasteiger partial charge on any atom is -0.479 e. The van der Waals surface area contributed by atoms with E-state index in [1.165, 1.54) is 6.20 Å². The molecule has 37 heavy (non-hydrogen) atoms. The molecule has 0 fully saturated rings. The van der Waals surface area contributed by atoms with Crippen molar-refractivity contribution in [2.75, 3.05) is 7.11 Å². The van der Waals surface area contributed by atoms with Gasteiger partial charge in [0, 0.05) is 40.8 Å². The molecule has 1 N–H and O–H groups in total. The summed E-state index contributed by atoms with van der Waals surface area (Å²) in [5.74, 6) is 0.465. The van der Waals surface area contributed by atoms with Gasteiger partial charge in [-0.25, -0.2) is 9.36 Å². The third-order valence-electron chi connectivity index (χ3n) is 6.37. The molecule has 3 aromatic heterocycles. The summed E-state index contributed by atoms with van der Waals surface area (Å²) in [5.41, 5.74) is 2.90. The number of pyridine rings is 1. The molecular weight excluding hydrogens is 490 g/mol. The molecule has 0 aliphatic rings. The van der Waals surface area contributed by atoms with Crippen LogP contribution in [0.5, 0.6) is 5.88 Å². The van der Waals surface area contributed by atoms with E-state index in [4.69, 9.17) is 16.3 Å². The zero-order valence-corrected chi connectivity index (χ0v) is 20.7. The van der Waals surface area contributed by atoms with Gasteiger partial charge in [0.1, 0.15) is 0 Å². The molecule has 3 heterocycles. The summed E-state index contributed by atoms with van der Waals surface area (Å²) in [7, 11) is 3.38. The summed E-state index contributed by atoms with van der Waals surface area (Å²) >= 11 is 6.68. The molecule has 0 bridgehead atoms. The highest BCUT2D eigenvalue weighted by molar-refractivity contribution is 6.34. The van der Waals surface area contributed by atoms with Crippen LogP contribution in [0.2, 0.25) is 5.02 Å². The minimum absolute atomic E-state index is 0.365. The first-order chi connectivity index (χ1) is 18.0. The molecule has 0 radical (unpaired) electrons. The quantitative estimate of drug-likeness (QED) is 0.362. The Morgan fingerprint density at radius 3 is 2.62 bits per heavy atom. The number of nitrogens with one attached hydrogen (secondary N) is 1. The average molecular weight is 510 g/mol. The van der Waals surface area contributed by atoms with Crippen molar-refractivity contribution < 1.29 is 4.74 Å². The van der Waals surface area contributed by atoms with E-state index in [9.17, 15) is 9.59 Å². The van der Waals surface area contributed by atoms with E-state index in [1.807, 2.05) is 55.7 Å². The summed E-state index contributed by atoms with van der Waals surface area (Å²) in [5, 5.41) is 6.83. The highest BCUT2D eigenvalue weighted by Crippen LogP contribution is 2.41. The van der Waals surface area contributed by atoms with E-state index >= 15 is 0 Å². The maximum Gasteiger partial charge on any atom is 0.333 e. The van der Waals surface area contributed by atoms with Crippen LogP contribution in [0.15, 0.2) is 88.8 Å². The first kappa shape index (κ1) is 22.8. The van der Waals surface area contributed by atoms with Gasteiger partial charge in [-0.2, -0.15) is 0 Å². The first-order valence-electron chi connectivity index (χ1n) is 11.5. The lowest BCUT2D eigenvalue weighted by molar-refractivity contribution is 0.393. The predicted molar refractivity (Wildman–Crippen MR) is 145 cm³/mol. The zero-order chi connectivity index (χ0) is 25.7. The van der Waals surface area contributed by atoms with Crippen LogP contribution in [0, 0.1) is 0 Å². The molecule has 0 atom stereocenters. The summed E-state index contributed by atoms with van der Waals surface area (Å²) in [6, 6.07) is 18.3. The van der Waals surface area contributed by atoms with Crippen LogP contribution in [0.3, 0.4) is 0 Å². The number of aromatic nitrogens is 5. The van der Waals surface area contributed by atoms with Gasteiger partial charge in [-0.05, 0) is 29.3 Å². The summed E-state index contributed by atoms with van der Waals surface area (Å²) in [4.78, 5) is 33.9. The number of fused-ring (bicyclic) bond motifs is 2. The van der Waals surface area contributed by atoms with E-state index in [0.29, 0.717) is 27.5 Å². The maximum absolute atomic E-state index is 13.5. The fraction of sp³-hybridized carbons (Fsp3) is 0.0714. The zero-order valence-electron chi connectivity index (χ0n) is 19.9. The molecule has 0 amide bonds. The lowest BCUT2D eigenvalue weighted by Gasteiger charge is -2.13. The number of benzene rings is 3. The number of aryl methyl sites for hydroxylation is 1. The third-order valence-corrected chi connectivity index (χ3v) is 6.68. The van der Waals surface area contributed by atoms with Crippen molar-refractivity contribution in [3.8, 4) is 33.8 Å². The lowest BCUT2D eigenvalue weighted by Crippen LogP contribution is -2.33. The van der Waals surface area contributed by atoms with Crippen LogP contribution in [0.4, 0.5) is 0 Å². The van der Waals surface area contributed by atoms with Gasteiger partial charge in [0.2, 0.25) is 5.88 Å². The molecule has 0 aliphatic carbocycles. The van der Waals surface area contributed by atoms with E-state index in [0.717, 1.165) is 37.6 Å². The average Bonchev–Trinajstić information content (AvgIpc) is 3.29. The fourth-order valence-corrected chi connectivity index (χ4v) is 5.00. The normalized spacial score (nSPS) is 11.3. The molecule has 3 aromatic carbocycles. The molecular formula is C28H20ClN5O3. The Morgan fingerprint density at radius 2 is 1.78 bits per heavy atom. The molecule has 6 aromatic rings. The summed E-state index contributed by atoms with van der Waals surface area (Å²) in [6.07, 6.45) is 5.08. The van der Waals surface area contributed by atoms with Gasteiger partial charge >= 0.3 is 5.69 Å². The van der Waals surface area contributed by atoms with Crippen LogP contribution in [0.25, 0.3) is 49.6 Å². The largest absolute Gasteiger partial charge is 0.479 e. The minimum atomic E-state index is -0.555. The number of rotatable bonds is 4. The van der Waals surface area contributed by atoms with Crippen LogP contribution < -0.4 is 16.0 Å². The van der Waals surface area contributed by atoms with E-state index in [2.05, 4.69) is 15.1 Å². The number of halogens is 1. The van der Waals surface area contributed by atoms with E-state index < -0.39 is 11.2 Å². The van der Waals surface area contributed by atoms with Gasteiger partial charge in [-0.1, -0.05) is 54.1 Å². The molecule has 9 heteroatoms. The lowest BCUT2D eigenvalue weighted by atomic mass is 9.95. The van der Waals surface area contributed by atoms with Crippen LogP contribution in [0.1, 0.15) is 0 Å². The standard InChI is InChI=1S/C28H20ClN5O3/c1-33-15-21(26(32-33)37-2)19-8-5-9-22(29)25(19)16-10-11-20-23(12-16)31-28(36)34(27(20)35)24-14-30-13-17-6-3-4-7-18(17)24/h3-15H,1-2H3,(H,31,36). The Balaban J connectivity index is 1.57. The second-order valence-electron chi connectivity index (χ2n) is 8.60. The Kier molecular flexibility index (Phi) is 5.39. The predicted octanol–water partition coefficient (Wildman–Crippen LogP) is 4.96. The van der Waals surface area contributed by atoms with Crippen molar-refractivity contribution in [1.82, 2.24) is 24.3 Å². The number of aromatic amines is 1. The number of H-pyrrole nitrogens is 1. The van der Waals surface area contributed by atoms with Gasteiger partial charge in [-0.15, -0.1) is 5.10 Å². The Morgan fingerprint density at radius 1 is 0.946 bits per heavy atom. The number of ether oxygens (including phenoxy) is 1. The molecule has 0 spiro atoms. The van der Waals surface area contributed by atoms with Gasteiger partial charge < -0.3 is 9.72 Å². The highest BCUT2D eigenvalue weighted by Gasteiger charge is 2.19. The Bertz CT molecular complexity index is 1950. The molecule has 0 saturated carbocycles. The molecule has 0 saturated heterocycles. The van der Waals surface area contributed by atoms with E-state index in [1.54, 1.807) is 36.2 Å². The fourth-order valence-electron chi connectivity index (χ4n) is 4.72. The SMILES string of the molecule is COc1nn(C)cc1-c1cccc(Cl)c1-c1ccc2c(=O)n(-c3cncc4ccccc34)c(=O)[nH]c2c1. The van der Waals surface area contributed by atoms with Gasteiger partial charge in [0.15, 0.2) is 0 Å². The Labute approximate surface area is 215 Å². The van der Waals surface area contributed by atoms with Crippen molar-refractivity contribution >= 4 is 33.3 Å². The topological polar surface area (TPSA) is 94.8 Å². The van der Waals surface area contributed by atoms with Crippen molar-refractivity contribution in [2.45, 2.75) is 0 Å². The van der Waals surface area contributed by atoms with Crippen molar-refractivity contribution in [3.63, 3.8) is 0 Å². The summed E-state index contributed by atoms with van der Waals surface area (Å²) < 4.78 is 8.26. The van der Waals surface area contributed by atoms with Crippen LogP contribution in [-0.4, -0.2) is 31.4 Å². The number of hydrogen-bond donors (Lipinski definition) is 1. The monoisotopic (exact) mass is 509 g/mol. The third kappa shape index (κ3) is 3.70. The van der Waals surface area contributed by atoms with Gasteiger partial charge in [0.05, 0.1) is 35.5 Å². The van der Waals surface area contributed by atoms with E-state index in [-0.39, 0.29) is 0 Å². The van der Waals surface area contributed by atoms with Crippen LogP contribution in [-0.2, 0) is 7.05 Å². The van der Waals surface area contributed by atoms with Gasteiger partial charge in [0.25, 0.3) is 5.56 Å². The second kappa shape index (κ2) is 8.76. The van der Waals surface area contributed by atoms with Crippen molar-refractivity contribution in [2.24, 2.45) is 7.05 Å². The van der Waals surface area contributed by atoms with Crippen molar-refractivity contribution in [1.29, 1.82) is 0 Å². The molecule has 0 aliphatic heterocycles. The van der Waals surface area contributed by atoms with Gasteiger partial charge in [-0.3, -0.25) is 14.5 Å². The maximum atomic E-state index is 13.5. The summed E-state index contributed by atoms with van der Waals surface area (Å²) in [6.45, 7) is 0. The highest BCUT2D eigenvalue weighted by atomic mass is 35.5. The van der Waals surface area contributed by atoms with Crippen molar-refractivity contribution in [3.05, 3.63) is 105 Å². The molecule has 0 unspecified atom stereocenters. The number of hydrogen-bond acceptors (Lipinski definition) is 5. The van der Waals surface area contributed by atoms with Crippen LogP contribution >= 0.6 is 11.6 Å². The molecule has 8 nitrogen and oxygen atoms in total. The molecule has 182 valence electrons. The number of methoxy groups -OCH3 is 1. The first-order valence-corrected chi connectivity index (χ1v) is 11.8. The second-order valence-corrected chi connectivity index (χ2v) is 9.01. The molecule has 6 rings (SSSR count). The number of nitrogens with zero attached hydrogens (tertiary/aromatic N) is 4.